The molecule has 2 atom stereocenters. The molecular weight excluding hydrogens is 186 g/mol. The third-order valence-corrected chi connectivity index (χ3v) is 3.45. The van der Waals surface area contributed by atoms with Crippen LogP contribution in [-0.4, -0.2) is 13.2 Å². The molecule has 1 aromatic rings. The predicted molar refractivity (Wildman–Crippen MR) is 61.6 cm³/mol. The first-order valence-corrected chi connectivity index (χ1v) is 5.54. The summed E-state index contributed by atoms with van der Waals surface area (Å²) in [4.78, 5) is 0. The van der Waals surface area contributed by atoms with E-state index in [9.17, 15) is 0 Å². The molecule has 1 heterocycles. The van der Waals surface area contributed by atoms with Gasteiger partial charge in [-0.15, -0.1) is 0 Å². The third kappa shape index (κ3) is 2.06. The van der Waals surface area contributed by atoms with Gasteiger partial charge in [-0.3, -0.25) is 0 Å². The molecule has 0 aromatic heterocycles. The molecule has 15 heavy (non-hydrogen) atoms. The van der Waals surface area contributed by atoms with E-state index in [0.29, 0.717) is 5.92 Å². The second-order valence-corrected chi connectivity index (χ2v) is 4.71. The molecule has 1 saturated heterocycles. The highest BCUT2D eigenvalue weighted by Gasteiger charge is 2.34. The summed E-state index contributed by atoms with van der Waals surface area (Å²) in [5.74, 6) is 0.445. The van der Waals surface area contributed by atoms with Crippen LogP contribution in [0, 0.1) is 12.8 Å². The van der Waals surface area contributed by atoms with Crippen LogP contribution in [0.5, 0.6) is 0 Å². The number of nitrogens with two attached hydrogens (primary N) is 1. The topological polar surface area (TPSA) is 35.2 Å². The van der Waals surface area contributed by atoms with Crippen LogP contribution in [0.15, 0.2) is 24.3 Å². The molecule has 0 aliphatic carbocycles. The summed E-state index contributed by atoms with van der Waals surface area (Å²) in [6, 6.07) is 8.51. The summed E-state index contributed by atoms with van der Waals surface area (Å²) in [5, 5.41) is 0. The lowest BCUT2D eigenvalue weighted by Crippen LogP contribution is -2.41. The Morgan fingerprint density at radius 2 is 2.00 bits per heavy atom. The number of rotatable bonds is 2. The molecule has 82 valence electrons. The van der Waals surface area contributed by atoms with Gasteiger partial charge in [0.15, 0.2) is 0 Å². The van der Waals surface area contributed by atoms with Crippen molar-refractivity contribution in [1.82, 2.24) is 0 Å². The van der Waals surface area contributed by atoms with Crippen LogP contribution in [0.1, 0.15) is 24.5 Å². The fourth-order valence-electron chi connectivity index (χ4n) is 2.16. The summed E-state index contributed by atoms with van der Waals surface area (Å²) in [5.41, 5.74) is 8.64. The Balaban J connectivity index is 2.23. The standard InChI is InChI=1S/C13H19NO/c1-10-3-5-11(6-4-10)13(2,14)12-7-8-15-9-12/h3-6,12H,7-9,14H2,1-2H3. The fraction of sp³-hybridized carbons (Fsp3) is 0.538. The van der Waals surface area contributed by atoms with E-state index >= 15 is 0 Å². The monoisotopic (exact) mass is 205 g/mol. The SMILES string of the molecule is Cc1ccc(C(C)(N)C2CCOC2)cc1. The molecule has 2 nitrogen and oxygen atoms in total. The Kier molecular flexibility index (Phi) is 2.81. The smallest absolute Gasteiger partial charge is 0.0515 e. The van der Waals surface area contributed by atoms with Crippen LogP contribution in [0.3, 0.4) is 0 Å². The van der Waals surface area contributed by atoms with Gasteiger partial charge in [-0.05, 0) is 25.8 Å². The van der Waals surface area contributed by atoms with Crippen LogP contribution in [0.2, 0.25) is 0 Å². The molecule has 1 fully saturated rings. The summed E-state index contributed by atoms with van der Waals surface area (Å²) in [6.07, 6.45) is 1.07. The molecule has 1 aliphatic rings. The van der Waals surface area contributed by atoms with Gasteiger partial charge in [0.05, 0.1) is 6.61 Å². The molecule has 1 aromatic carbocycles. The van der Waals surface area contributed by atoms with E-state index in [1.54, 1.807) is 0 Å². The van der Waals surface area contributed by atoms with Gasteiger partial charge in [-0.25, -0.2) is 0 Å². The van der Waals surface area contributed by atoms with Crippen molar-refractivity contribution in [1.29, 1.82) is 0 Å². The van der Waals surface area contributed by atoms with Gasteiger partial charge < -0.3 is 10.5 Å². The number of ether oxygens (including phenoxy) is 1. The molecule has 2 rings (SSSR count). The van der Waals surface area contributed by atoms with E-state index in [0.717, 1.165) is 19.6 Å². The van der Waals surface area contributed by atoms with E-state index in [1.807, 2.05) is 0 Å². The van der Waals surface area contributed by atoms with Gasteiger partial charge in [-0.1, -0.05) is 29.8 Å². The number of hydrogen-bond acceptors (Lipinski definition) is 2. The lowest BCUT2D eigenvalue weighted by atomic mass is 9.80. The lowest BCUT2D eigenvalue weighted by molar-refractivity contribution is 0.166. The molecule has 0 amide bonds. The van der Waals surface area contributed by atoms with Crippen molar-refractivity contribution in [3.8, 4) is 0 Å². The molecule has 0 bridgehead atoms. The van der Waals surface area contributed by atoms with E-state index in [-0.39, 0.29) is 5.54 Å². The average Bonchev–Trinajstić information content (AvgIpc) is 2.71. The Labute approximate surface area is 91.4 Å². The molecule has 2 heteroatoms. The average molecular weight is 205 g/mol. The molecule has 0 radical (unpaired) electrons. The normalized spacial score (nSPS) is 25.1. The van der Waals surface area contributed by atoms with Crippen LogP contribution in [0.25, 0.3) is 0 Å². The van der Waals surface area contributed by atoms with Gasteiger partial charge in [0.2, 0.25) is 0 Å². The van der Waals surface area contributed by atoms with Crippen molar-refractivity contribution in [2.24, 2.45) is 11.7 Å². The van der Waals surface area contributed by atoms with Crippen molar-refractivity contribution in [2.75, 3.05) is 13.2 Å². The first-order chi connectivity index (χ1) is 7.10. The molecule has 0 spiro atoms. The Morgan fingerprint density at radius 3 is 2.53 bits per heavy atom. The van der Waals surface area contributed by atoms with E-state index < -0.39 is 0 Å². The first-order valence-electron chi connectivity index (χ1n) is 5.54. The Hall–Kier alpha value is -0.860. The van der Waals surface area contributed by atoms with Gasteiger partial charge in [0.1, 0.15) is 0 Å². The van der Waals surface area contributed by atoms with Gasteiger partial charge in [0, 0.05) is 18.1 Å². The van der Waals surface area contributed by atoms with E-state index in [4.69, 9.17) is 10.5 Å². The van der Waals surface area contributed by atoms with Crippen molar-refractivity contribution in [2.45, 2.75) is 25.8 Å². The van der Waals surface area contributed by atoms with Crippen molar-refractivity contribution >= 4 is 0 Å². The van der Waals surface area contributed by atoms with Crippen LogP contribution < -0.4 is 5.73 Å². The quantitative estimate of drug-likeness (QED) is 0.803. The number of aryl methyl sites for hydroxylation is 1. The summed E-state index contributed by atoms with van der Waals surface area (Å²) >= 11 is 0. The minimum absolute atomic E-state index is 0.260. The van der Waals surface area contributed by atoms with Gasteiger partial charge >= 0.3 is 0 Å². The summed E-state index contributed by atoms with van der Waals surface area (Å²) in [7, 11) is 0. The van der Waals surface area contributed by atoms with Gasteiger partial charge in [-0.2, -0.15) is 0 Å². The Bertz CT molecular complexity index is 323. The predicted octanol–water partition coefficient (Wildman–Crippen LogP) is 2.21. The third-order valence-electron chi connectivity index (χ3n) is 3.45. The number of hydrogen-bond donors (Lipinski definition) is 1. The number of benzene rings is 1. The second-order valence-electron chi connectivity index (χ2n) is 4.71. The highest BCUT2D eigenvalue weighted by Crippen LogP contribution is 2.32. The maximum absolute atomic E-state index is 6.41. The molecular formula is C13H19NO. The highest BCUT2D eigenvalue weighted by atomic mass is 16.5. The van der Waals surface area contributed by atoms with E-state index in [1.165, 1.54) is 11.1 Å². The second kappa shape index (κ2) is 3.95. The fourth-order valence-corrected chi connectivity index (χ4v) is 2.16. The van der Waals surface area contributed by atoms with Crippen LogP contribution >= 0.6 is 0 Å². The van der Waals surface area contributed by atoms with Crippen molar-refractivity contribution < 1.29 is 4.74 Å². The summed E-state index contributed by atoms with van der Waals surface area (Å²) < 4.78 is 5.41. The zero-order chi connectivity index (χ0) is 10.9. The molecule has 0 saturated carbocycles. The minimum Gasteiger partial charge on any atom is -0.381 e. The minimum atomic E-state index is -0.260. The summed E-state index contributed by atoms with van der Waals surface area (Å²) in [6.45, 7) is 5.84. The van der Waals surface area contributed by atoms with Crippen molar-refractivity contribution in [3.63, 3.8) is 0 Å². The molecule has 2 N–H and O–H groups in total. The largest absolute Gasteiger partial charge is 0.381 e. The van der Waals surface area contributed by atoms with Crippen LogP contribution in [0.4, 0.5) is 0 Å². The van der Waals surface area contributed by atoms with E-state index in [2.05, 4.69) is 38.1 Å². The first kappa shape index (κ1) is 10.7. The highest BCUT2D eigenvalue weighted by molar-refractivity contribution is 5.28. The zero-order valence-corrected chi connectivity index (χ0v) is 9.49. The zero-order valence-electron chi connectivity index (χ0n) is 9.49. The molecule has 2 unspecified atom stereocenters. The maximum Gasteiger partial charge on any atom is 0.0515 e. The Morgan fingerprint density at radius 1 is 1.33 bits per heavy atom. The molecule has 1 aliphatic heterocycles. The lowest BCUT2D eigenvalue weighted by Gasteiger charge is -2.31. The van der Waals surface area contributed by atoms with Crippen LogP contribution in [-0.2, 0) is 10.3 Å². The van der Waals surface area contributed by atoms with Crippen molar-refractivity contribution in [3.05, 3.63) is 35.4 Å². The van der Waals surface area contributed by atoms with Gasteiger partial charge in [0.25, 0.3) is 0 Å². The maximum atomic E-state index is 6.41.